The monoisotopic (exact) mass is 412 g/mol. The zero-order chi connectivity index (χ0) is 21.0. The summed E-state index contributed by atoms with van der Waals surface area (Å²) in [6.45, 7) is 2.45. The highest BCUT2D eigenvalue weighted by Gasteiger charge is 2.46. The number of aryl methyl sites for hydroxylation is 2. The predicted molar refractivity (Wildman–Crippen MR) is 117 cm³/mol. The molecule has 0 bridgehead atoms. The van der Waals surface area contributed by atoms with E-state index in [4.69, 9.17) is 5.10 Å². The van der Waals surface area contributed by atoms with Crippen LogP contribution in [0.4, 0.5) is 0 Å². The minimum absolute atomic E-state index is 0.00677. The summed E-state index contributed by atoms with van der Waals surface area (Å²) in [6.07, 6.45) is 7.91. The van der Waals surface area contributed by atoms with E-state index in [2.05, 4.69) is 32.8 Å². The molecule has 1 atom stereocenters. The summed E-state index contributed by atoms with van der Waals surface area (Å²) in [6, 6.07) is 12.5. The molecule has 0 N–H and O–H groups in total. The first-order valence-electron chi connectivity index (χ1n) is 10.8. The Balaban J connectivity index is 1.26. The molecule has 0 saturated carbocycles. The second-order valence-electron chi connectivity index (χ2n) is 8.78. The van der Waals surface area contributed by atoms with Crippen LogP contribution in [-0.4, -0.2) is 48.2 Å². The maximum absolute atomic E-state index is 12.9. The van der Waals surface area contributed by atoms with E-state index in [-0.39, 0.29) is 11.3 Å². The van der Waals surface area contributed by atoms with E-state index in [0.717, 1.165) is 60.5 Å². The molecule has 156 valence electrons. The number of likely N-dealkylation sites (tertiary alicyclic amines) is 1. The largest absolute Gasteiger partial charge is 0.341 e. The smallest absolute Gasteiger partial charge is 0.230 e. The maximum Gasteiger partial charge on any atom is 0.230 e. The van der Waals surface area contributed by atoms with Crippen LogP contribution in [0.2, 0.25) is 0 Å². The molecular formula is C24H24N6O. The van der Waals surface area contributed by atoms with E-state index in [1.54, 1.807) is 6.20 Å². The first kappa shape index (κ1) is 18.3. The lowest BCUT2D eigenvalue weighted by Gasteiger charge is -2.23. The third-order valence-electron chi connectivity index (χ3n) is 6.95. The molecule has 7 nitrogen and oxygen atoms in total. The molecule has 1 amide bonds. The molecule has 1 spiro atoms. The van der Waals surface area contributed by atoms with E-state index in [9.17, 15) is 4.79 Å². The van der Waals surface area contributed by atoms with Crippen LogP contribution in [0.15, 0.2) is 55.0 Å². The lowest BCUT2D eigenvalue weighted by atomic mass is 9.82. The first-order valence-corrected chi connectivity index (χ1v) is 10.8. The number of amides is 1. The Kier molecular flexibility index (Phi) is 4.00. The topological polar surface area (TPSA) is 68.8 Å². The van der Waals surface area contributed by atoms with Gasteiger partial charge in [0.05, 0.1) is 17.6 Å². The molecule has 2 aliphatic heterocycles. The third-order valence-corrected chi connectivity index (χ3v) is 6.95. The van der Waals surface area contributed by atoms with Crippen molar-refractivity contribution in [2.45, 2.75) is 31.2 Å². The number of rotatable bonds is 3. The van der Waals surface area contributed by atoms with Crippen LogP contribution in [0.25, 0.3) is 22.2 Å². The van der Waals surface area contributed by atoms with Gasteiger partial charge in [-0.15, -0.1) is 0 Å². The fourth-order valence-electron chi connectivity index (χ4n) is 5.13. The fraction of sp³-hybridized carbons (Fsp3) is 0.333. The number of aromatic nitrogens is 5. The van der Waals surface area contributed by atoms with Crippen LogP contribution in [0.3, 0.4) is 0 Å². The summed E-state index contributed by atoms with van der Waals surface area (Å²) in [7, 11) is 1.93. The normalized spacial score (nSPS) is 20.1. The molecular weight excluding hydrogens is 388 g/mol. The summed E-state index contributed by atoms with van der Waals surface area (Å²) in [5.41, 5.74) is 4.25. The number of para-hydroxylation sites is 1. The minimum atomic E-state index is 0.00677. The number of hydrogen-bond acceptors (Lipinski definition) is 4. The van der Waals surface area contributed by atoms with Crippen molar-refractivity contribution in [2.75, 3.05) is 13.1 Å². The molecule has 5 heterocycles. The molecule has 1 saturated heterocycles. The number of hydrogen-bond donors (Lipinski definition) is 0. The van der Waals surface area contributed by atoms with Gasteiger partial charge in [-0.3, -0.25) is 14.5 Å². The molecule has 4 aromatic rings. The van der Waals surface area contributed by atoms with Crippen molar-refractivity contribution >= 4 is 16.8 Å². The number of carbonyl (C=O) groups excluding carboxylic acids is 1. The van der Waals surface area contributed by atoms with E-state index in [1.807, 2.05) is 47.1 Å². The number of nitrogens with zero attached hydrogens (tertiary/aromatic N) is 6. The Morgan fingerprint density at radius 2 is 2.00 bits per heavy atom. The van der Waals surface area contributed by atoms with Crippen molar-refractivity contribution in [2.24, 2.45) is 7.05 Å². The van der Waals surface area contributed by atoms with Gasteiger partial charge in [0.25, 0.3) is 0 Å². The Hall–Kier alpha value is -3.48. The molecule has 1 unspecified atom stereocenters. The van der Waals surface area contributed by atoms with Crippen molar-refractivity contribution in [3.05, 3.63) is 66.5 Å². The number of pyridine rings is 1. The SMILES string of the molecule is Cn1ccnc1CC(=O)N1CCC2(CCn3nc(-c4cnc5ccccc5c4)cc32)C1. The molecule has 0 aliphatic carbocycles. The minimum Gasteiger partial charge on any atom is -0.341 e. The van der Waals surface area contributed by atoms with Crippen LogP contribution in [0.1, 0.15) is 24.4 Å². The van der Waals surface area contributed by atoms with Crippen LogP contribution in [0.5, 0.6) is 0 Å². The van der Waals surface area contributed by atoms with Gasteiger partial charge in [0.2, 0.25) is 5.91 Å². The van der Waals surface area contributed by atoms with Gasteiger partial charge in [0.15, 0.2) is 0 Å². The summed E-state index contributed by atoms with van der Waals surface area (Å²) in [5, 5.41) is 6.01. The third kappa shape index (κ3) is 2.95. The summed E-state index contributed by atoms with van der Waals surface area (Å²) < 4.78 is 4.05. The summed E-state index contributed by atoms with van der Waals surface area (Å²) in [5.74, 6) is 0.969. The Morgan fingerprint density at radius 3 is 2.87 bits per heavy atom. The first-order chi connectivity index (χ1) is 15.1. The number of carbonyl (C=O) groups is 1. The average molecular weight is 412 g/mol. The molecule has 0 radical (unpaired) electrons. The number of fused-ring (bicyclic) bond motifs is 3. The van der Waals surface area contributed by atoms with Gasteiger partial charge in [-0.25, -0.2) is 4.98 Å². The maximum atomic E-state index is 12.9. The van der Waals surface area contributed by atoms with Gasteiger partial charge >= 0.3 is 0 Å². The van der Waals surface area contributed by atoms with Crippen LogP contribution in [0, 0.1) is 0 Å². The van der Waals surface area contributed by atoms with Gasteiger partial charge in [-0.05, 0) is 31.0 Å². The molecule has 6 rings (SSSR count). The average Bonchev–Trinajstić information content (AvgIpc) is 3.55. The highest BCUT2D eigenvalue weighted by molar-refractivity contribution is 5.83. The second kappa shape index (κ2) is 6.77. The molecule has 31 heavy (non-hydrogen) atoms. The molecule has 2 aliphatic rings. The van der Waals surface area contributed by atoms with E-state index < -0.39 is 0 Å². The Morgan fingerprint density at radius 1 is 1.13 bits per heavy atom. The highest BCUT2D eigenvalue weighted by Crippen LogP contribution is 2.44. The van der Waals surface area contributed by atoms with Crippen LogP contribution >= 0.6 is 0 Å². The van der Waals surface area contributed by atoms with Crippen molar-refractivity contribution in [1.82, 2.24) is 29.2 Å². The fourth-order valence-corrected chi connectivity index (χ4v) is 5.13. The summed E-state index contributed by atoms with van der Waals surface area (Å²) >= 11 is 0. The lowest BCUT2D eigenvalue weighted by Crippen LogP contribution is -2.34. The highest BCUT2D eigenvalue weighted by atomic mass is 16.2. The van der Waals surface area contributed by atoms with Gasteiger partial charge in [-0.2, -0.15) is 5.10 Å². The van der Waals surface area contributed by atoms with Crippen LogP contribution < -0.4 is 0 Å². The standard InChI is InChI=1S/C24H24N6O/c1-28-11-8-25-22(28)14-23(31)29-9-6-24(16-29)7-10-30-21(24)13-20(27-30)18-12-17-4-2-3-5-19(17)26-15-18/h2-5,8,11-13,15H,6-7,9-10,14,16H2,1H3. The van der Waals surface area contributed by atoms with Crippen LogP contribution in [-0.2, 0) is 30.2 Å². The molecule has 1 fully saturated rings. The van der Waals surface area contributed by atoms with Gasteiger partial charge in [0, 0.05) is 67.3 Å². The zero-order valence-corrected chi connectivity index (χ0v) is 17.5. The van der Waals surface area contributed by atoms with E-state index >= 15 is 0 Å². The van der Waals surface area contributed by atoms with Crippen molar-refractivity contribution in [1.29, 1.82) is 0 Å². The Labute approximate surface area is 180 Å². The summed E-state index contributed by atoms with van der Waals surface area (Å²) in [4.78, 5) is 23.8. The van der Waals surface area contributed by atoms with Gasteiger partial charge < -0.3 is 9.47 Å². The Bertz CT molecular complexity index is 1300. The zero-order valence-electron chi connectivity index (χ0n) is 17.5. The van der Waals surface area contributed by atoms with Crippen molar-refractivity contribution < 1.29 is 4.79 Å². The molecule has 7 heteroatoms. The number of benzene rings is 1. The van der Waals surface area contributed by atoms with Crippen molar-refractivity contribution in [3.8, 4) is 11.3 Å². The molecule has 3 aromatic heterocycles. The second-order valence-corrected chi connectivity index (χ2v) is 8.78. The van der Waals surface area contributed by atoms with Crippen molar-refractivity contribution in [3.63, 3.8) is 0 Å². The van der Waals surface area contributed by atoms with E-state index in [0.29, 0.717) is 6.42 Å². The van der Waals surface area contributed by atoms with Gasteiger partial charge in [0.1, 0.15) is 5.82 Å². The molecule has 1 aromatic carbocycles. The number of imidazole rings is 1. The predicted octanol–water partition coefficient (Wildman–Crippen LogP) is 2.95. The van der Waals surface area contributed by atoms with Gasteiger partial charge in [-0.1, -0.05) is 18.2 Å². The lowest BCUT2D eigenvalue weighted by molar-refractivity contribution is -0.129. The quantitative estimate of drug-likeness (QED) is 0.519. The van der Waals surface area contributed by atoms with E-state index in [1.165, 1.54) is 5.69 Å².